The Bertz CT molecular complexity index is 339. The van der Waals surface area contributed by atoms with E-state index in [1.54, 1.807) is 5.48 Å². The third-order valence-electron chi connectivity index (χ3n) is 5.45. The average molecular weight is 370 g/mol. The molecular weight excluding hydrogens is 326 g/mol. The summed E-state index contributed by atoms with van der Waals surface area (Å²) in [6.45, 7) is 6.53. The zero-order valence-corrected chi connectivity index (χ0v) is 17.2. The predicted octanol–water partition coefficient (Wildman–Crippen LogP) is 4.55. The van der Waals surface area contributed by atoms with Crippen molar-refractivity contribution in [2.24, 2.45) is 0 Å². The molecule has 5 nitrogen and oxygen atoms in total. The quantitative estimate of drug-likeness (QED) is 0.224. The summed E-state index contributed by atoms with van der Waals surface area (Å²) in [5, 5.41) is 8.57. The maximum atomic E-state index is 11.2. The number of amides is 1. The highest BCUT2D eigenvalue weighted by Gasteiger charge is 2.20. The van der Waals surface area contributed by atoms with Crippen molar-refractivity contribution in [2.75, 3.05) is 32.8 Å². The summed E-state index contributed by atoms with van der Waals surface area (Å²) in [5.74, 6) is -0.316. The van der Waals surface area contributed by atoms with E-state index in [0.717, 1.165) is 26.3 Å². The summed E-state index contributed by atoms with van der Waals surface area (Å²) >= 11 is 0. The minimum Gasteiger partial charge on any atom is -0.289 e. The molecule has 0 aromatic heterocycles. The van der Waals surface area contributed by atoms with Crippen LogP contribution < -0.4 is 5.48 Å². The van der Waals surface area contributed by atoms with Gasteiger partial charge in [0.25, 0.3) is 5.91 Å². The van der Waals surface area contributed by atoms with Crippen LogP contribution in [-0.2, 0) is 4.79 Å². The average Bonchev–Trinajstić information content (AvgIpc) is 3.09. The molecule has 0 unspecified atom stereocenters. The van der Waals surface area contributed by atoms with Crippen LogP contribution in [0.4, 0.5) is 0 Å². The van der Waals surface area contributed by atoms with Gasteiger partial charge in [-0.15, -0.1) is 0 Å². The van der Waals surface area contributed by atoms with Gasteiger partial charge in [0.05, 0.1) is 13.2 Å². The number of hydrogen-bond acceptors (Lipinski definition) is 4. The summed E-state index contributed by atoms with van der Waals surface area (Å²) in [5.41, 5.74) is 1.71. The smallest absolute Gasteiger partial charge is 0.257 e. The van der Waals surface area contributed by atoms with Gasteiger partial charge in [0.15, 0.2) is 0 Å². The molecule has 0 aromatic rings. The van der Waals surface area contributed by atoms with Crippen molar-refractivity contribution < 1.29 is 10.0 Å². The van der Waals surface area contributed by atoms with E-state index in [0.29, 0.717) is 6.54 Å². The Labute approximate surface area is 161 Å². The van der Waals surface area contributed by atoms with Crippen molar-refractivity contribution in [3.05, 3.63) is 0 Å². The van der Waals surface area contributed by atoms with Crippen molar-refractivity contribution in [1.82, 2.24) is 15.3 Å². The molecule has 0 bridgehead atoms. The summed E-state index contributed by atoms with van der Waals surface area (Å²) in [4.78, 5) is 15.6. The van der Waals surface area contributed by atoms with Crippen LogP contribution in [0.3, 0.4) is 0 Å². The van der Waals surface area contributed by atoms with Gasteiger partial charge in [-0.1, -0.05) is 90.4 Å². The van der Waals surface area contributed by atoms with Crippen molar-refractivity contribution in [1.29, 1.82) is 0 Å². The van der Waals surface area contributed by atoms with Gasteiger partial charge in [0.2, 0.25) is 0 Å². The van der Waals surface area contributed by atoms with E-state index in [4.69, 9.17) is 5.21 Å². The van der Waals surface area contributed by atoms with E-state index < -0.39 is 0 Å². The van der Waals surface area contributed by atoms with Crippen molar-refractivity contribution in [3.8, 4) is 0 Å². The van der Waals surface area contributed by atoms with Gasteiger partial charge in [0, 0.05) is 13.1 Å². The molecule has 0 atom stereocenters. The molecule has 1 saturated heterocycles. The van der Waals surface area contributed by atoms with Gasteiger partial charge in [-0.25, -0.2) is 5.48 Å². The van der Waals surface area contributed by atoms with Crippen LogP contribution >= 0.6 is 0 Å². The molecule has 0 aromatic carbocycles. The largest absolute Gasteiger partial charge is 0.289 e. The molecule has 1 heterocycles. The highest BCUT2D eigenvalue weighted by atomic mass is 16.5. The molecular formula is C21H43N3O2. The highest BCUT2D eigenvalue weighted by Crippen LogP contribution is 2.13. The van der Waals surface area contributed by atoms with E-state index in [1.807, 2.05) is 0 Å². The van der Waals surface area contributed by atoms with Crippen LogP contribution in [-0.4, -0.2) is 53.8 Å². The second-order valence-corrected chi connectivity index (χ2v) is 7.94. The Morgan fingerprint density at radius 1 is 0.769 bits per heavy atom. The van der Waals surface area contributed by atoms with E-state index in [-0.39, 0.29) is 5.91 Å². The first-order valence-corrected chi connectivity index (χ1v) is 11.1. The third kappa shape index (κ3) is 12.7. The molecule has 5 heteroatoms. The van der Waals surface area contributed by atoms with Gasteiger partial charge in [0.1, 0.15) is 0 Å². The zero-order valence-electron chi connectivity index (χ0n) is 17.2. The lowest BCUT2D eigenvalue weighted by atomic mass is 10.0. The Morgan fingerprint density at radius 3 is 1.73 bits per heavy atom. The normalized spacial score (nSPS) is 15.6. The van der Waals surface area contributed by atoms with Crippen molar-refractivity contribution in [3.63, 3.8) is 0 Å². The molecule has 1 aliphatic rings. The first-order valence-electron chi connectivity index (χ1n) is 11.1. The second-order valence-electron chi connectivity index (χ2n) is 7.94. The van der Waals surface area contributed by atoms with E-state index in [1.165, 1.54) is 89.9 Å². The minimum absolute atomic E-state index is 0.297. The lowest BCUT2D eigenvalue weighted by Gasteiger charge is -2.17. The zero-order chi connectivity index (χ0) is 18.9. The summed E-state index contributed by atoms with van der Waals surface area (Å²) in [6.07, 6.45) is 19.5. The lowest BCUT2D eigenvalue weighted by Crippen LogP contribution is -2.35. The molecule has 0 spiro atoms. The third-order valence-corrected chi connectivity index (χ3v) is 5.45. The van der Waals surface area contributed by atoms with Gasteiger partial charge >= 0.3 is 0 Å². The highest BCUT2D eigenvalue weighted by molar-refractivity contribution is 5.76. The molecule has 0 radical (unpaired) electrons. The Morgan fingerprint density at radius 2 is 1.23 bits per heavy atom. The molecule has 1 fully saturated rings. The monoisotopic (exact) mass is 369 g/mol. The number of nitrogens with one attached hydrogen (secondary N) is 1. The van der Waals surface area contributed by atoms with Crippen molar-refractivity contribution >= 4 is 5.91 Å². The van der Waals surface area contributed by atoms with Crippen LogP contribution in [0, 0.1) is 0 Å². The van der Waals surface area contributed by atoms with Crippen molar-refractivity contribution in [2.45, 2.75) is 96.8 Å². The van der Waals surface area contributed by atoms with Gasteiger partial charge < -0.3 is 0 Å². The number of nitrogens with zero attached hydrogens (tertiary/aromatic N) is 2. The number of carbonyl (C=O) groups excluding carboxylic acids is 1. The molecule has 2 N–H and O–H groups in total. The molecule has 26 heavy (non-hydrogen) atoms. The minimum atomic E-state index is -0.316. The summed E-state index contributed by atoms with van der Waals surface area (Å²) < 4.78 is 0. The fourth-order valence-corrected chi connectivity index (χ4v) is 3.79. The van der Waals surface area contributed by atoms with Gasteiger partial charge in [-0.3, -0.25) is 19.8 Å². The van der Waals surface area contributed by atoms with Crippen LogP contribution in [0.2, 0.25) is 0 Å². The van der Waals surface area contributed by atoms with Gasteiger partial charge in [-0.05, 0) is 13.0 Å². The molecule has 1 rings (SSSR count). The number of unbranched alkanes of at least 4 members (excludes halogenated alkanes) is 13. The predicted molar refractivity (Wildman–Crippen MR) is 108 cm³/mol. The Hall–Kier alpha value is -0.650. The molecule has 1 amide bonds. The van der Waals surface area contributed by atoms with E-state index in [2.05, 4.69) is 16.7 Å². The lowest BCUT2D eigenvalue weighted by molar-refractivity contribution is -0.130. The molecule has 0 aliphatic carbocycles. The summed E-state index contributed by atoms with van der Waals surface area (Å²) in [6, 6.07) is 0. The number of carbonyl (C=O) groups is 1. The van der Waals surface area contributed by atoms with Gasteiger partial charge in [-0.2, -0.15) is 0 Å². The second kappa shape index (κ2) is 16.5. The van der Waals surface area contributed by atoms with Crippen LogP contribution in [0.15, 0.2) is 0 Å². The summed E-state index contributed by atoms with van der Waals surface area (Å²) in [7, 11) is 0. The van der Waals surface area contributed by atoms with Crippen LogP contribution in [0.5, 0.6) is 0 Å². The van der Waals surface area contributed by atoms with Crippen LogP contribution in [0.25, 0.3) is 0 Å². The SMILES string of the molecule is CCCCCCCCCCCCCCCCN1CCN(CC(=O)NO)C1. The first-order chi connectivity index (χ1) is 12.8. The standard InChI is InChI=1S/C21H43N3O2/c1-2-3-4-5-6-7-8-9-10-11-12-13-14-15-16-23-17-18-24(20-23)19-21(25)22-26/h26H,2-20H2,1H3,(H,22,25). The maximum Gasteiger partial charge on any atom is 0.257 e. The molecule has 0 saturated carbocycles. The topological polar surface area (TPSA) is 55.8 Å². The number of hydroxylamine groups is 1. The molecule has 1 aliphatic heterocycles. The van der Waals surface area contributed by atoms with Crippen LogP contribution in [0.1, 0.15) is 96.8 Å². The van der Waals surface area contributed by atoms with E-state index in [9.17, 15) is 4.79 Å². The first kappa shape index (κ1) is 23.4. The Kier molecular flexibility index (Phi) is 14.9. The number of rotatable bonds is 17. The molecule has 154 valence electrons. The Balaban J connectivity index is 1.78. The fraction of sp³-hybridized carbons (Fsp3) is 0.952. The fourth-order valence-electron chi connectivity index (χ4n) is 3.79. The van der Waals surface area contributed by atoms with E-state index >= 15 is 0 Å². The maximum absolute atomic E-state index is 11.2. The number of hydrogen-bond donors (Lipinski definition) is 2.